The van der Waals surface area contributed by atoms with Crippen LogP contribution in [0.3, 0.4) is 0 Å². The van der Waals surface area contributed by atoms with E-state index in [9.17, 15) is 4.79 Å². The van der Waals surface area contributed by atoms with Gasteiger partial charge in [-0.05, 0) is 25.2 Å². The summed E-state index contributed by atoms with van der Waals surface area (Å²) in [6.45, 7) is 7.39. The molecule has 0 atom stereocenters. The lowest BCUT2D eigenvalue weighted by molar-refractivity contribution is 0.112. The average molecular weight is 197 g/mol. The molecule has 0 bridgehead atoms. The van der Waals surface area contributed by atoms with Gasteiger partial charge in [-0.15, -0.1) is 11.3 Å². The van der Waals surface area contributed by atoms with Crippen LogP contribution in [0.25, 0.3) is 0 Å². The van der Waals surface area contributed by atoms with E-state index in [1.807, 2.05) is 12.1 Å². The molecule has 0 radical (unpaired) electrons. The number of carbonyl (C=O) groups excluding carboxylic acids is 1. The second-order valence-electron chi connectivity index (χ2n) is 2.88. The predicted molar refractivity (Wildman–Crippen MR) is 56.3 cm³/mol. The van der Waals surface area contributed by atoms with E-state index >= 15 is 0 Å². The minimum Gasteiger partial charge on any atom is -0.299 e. The van der Waals surface area contributed by atoms with Gasteiger partial charge in [0.2, 0.25) is 0 Å². The maximum Gasteiger partial charge on any atom is 0.160 e. The van der Waals surface area contributed by atoms with Crippen molar-refractivity contribution < 1.29 is 4.79 Å². The van der Waals surface area contributed by atoms with Gasteiger partial charge in [0.1, 0.15) is 0 Å². The second-order valence-corrected chi connectivity index (χ2v) is 4.08. The quantitative estimate of drug-likeness (QED) is 0.676. The molecule has 0 fully saturated rings. The van der Waals surface area contributed by atoms with Gasteiger partial charge in [-0.2, -0.15) is 0 Å². The molecule has 0 aromatic carbocycles. The number of hydrogen-bond acceptors (Lipinski definition) is 3. The molecule has 13 heavy (non-hydrogen) atoms. The van der Waals surface area contributed by atoms with Crippen LogP contribution >= 0.6 is 11.3 Å². The van der Waals surface area contributed by atoms with Crippen LogP contribution in [0.4, 0.5) is 0 Å². The highest BCUT2D eigenvalue weighted by Crippen LogP contribution is 2.16. The smallest absolute Gasteiger partial charge is 0.160 e. The van der Waals surface area contributed by atoms with Crippen LogP contribution in [0.1, 0.15) is 28.4 Å². The number of carbonyl (C=O) groups is 1. The average Bonchev–Trinajstić information content (AvgIpc) is 2.61. The number of nitrogens with zero attached hydrogens (tertiary/aromatic N) is 1. The normalized spacial score (nSPS) is 10.7. The fourth-order valence-corrected chi connectivity index (χ4v) is 2.08. The lowest BCUT2D eigenvalue weighted by atomic mass is 10.4. The van der Waals surface area contributed by atoms with Gasteiger partial charge < -0.3 is 0 Å². The van der Waals surface area contributed by atoms with Crippen molar-refractivity contribution in [1.82, 2.24) is 4.90 Å². The molecule has 1 aromatic heterocycles. The predicted octanol–water partition coefficient (Wildman–Crippen LogP) is 2.40. The Balaban J connectivity index is 2.57. The van der Waals surface area contributed by atoms with Gasteiger partial charge in [0.05, 0.1) is 4.88 Å². The van der Waals surface area contributed by atoms with Crippen LogP contribution in [-0.4, -0.2) is 24.3 Å². The fourth-order valence-electron chi connectivity index (χ4n) is 1.21. The second kappa shape index (κ2) is 5.14. The number of rotatable bonds is 5. The van der Waals surface area contributed by atoms with Crippen LogP contribution < -0.4 is 0 Å². The molecule has 0 saturated heterocycles. The first-order valence-corrected chi connectivity index (χ1v) is 5.38. The number of thiophene rings is 1. The van der Waals surface area contributed by atoms with Crippen LogP contribution in [-0.2, 0) is 6.54 Å². The summed E-state index contributed by atoms with van der Waals surface area (Å²) in [5.74, 6) is 0. The molecule has 0 saturated carbocycles. The van der Waals surface area contributed by atoms with Crippen molar-refractivity contribution >= 4 is 17.6 Å². The third kappa shape index (κ3) is 2.94. The summed E-state index contributed by atoms with van der Waals surface area (Å²) in [4.78, 5) is 14.9. The van der Waals surface area contributed by atoms with Crippen molar-refractivity contribution in [2.24, 2.45) is 0 Å². The molecule has 0 aliphatic carbocycles. The highest BCUT2D eigenvalue weighted by Gasteiger charge is 2.03. The summed E-state index contributed by atoms with van der Waals surface area (Å²) in [6, 6.07) is 3.92. The molecule has 3 heteroatoms. The number of aldehydes is 1. The van der Waals surface area contributed by atoms with E-state index in [0.29, 0.717) is 0 Å². The van der Waals surface area contributed by atoms with Crippen molar-refractivity contribution in [1.29, 1.82) is 0 Å². The molecule has 0 aliphatic heterocycles. The first-order valence-electron chi connectivity index (χ1n) is 4.56. The molecule has 0 N–H and O–H groups in total. The Hall–Kier alpha value is -0.670. The third-order valence-corrected chi connectivity index (χ3v) is 3.07. The van der Waals surface area contributed by atoms with E-state index in [4.69, 9.17) is 0 Å². The van der Waals surface area contributed by atoms with Crippen LogP contribution in [0, 0.1) is 0 Å². The summed E-state index contributed by atoms with van der Waals surface area (Å²) >= 11 is 1.58. The Morgan fingerprint density at radius 1 is 1.38 bits per heavy atom. The van der Waals surface area contributed by atoms with E-state index in [1.54, 1.807) is 11.3 Å². The van der Waals surface area contributed by atoms with Crippen molar-refractivity contribution in [3.63, 3.8) is 0 Å². The highest BCUT2D eigenvalue weighted by molar-refractivity contribution is 7.13. The Morgan fingerprint density at radius 2 is 2.08 bits per heavy atom. The lowest BCUT2D eigenvalue weighted by Gasteiger charge is -2.16. The lowest BCUT2D eigenvalue weighted by Crippen LogP contribution is -2.21. The Morgan fingerprint density at radius 3 is 2.54 bits per heavy atom. The molecule has 2 nitrogen and oxygen atoms in total. The van der Waals surface area contributed by atoms with Gasteiger partial charge in [0.15, 0.2) is 6.29 Å². The van der Waals surface area contributed by atoms with Crippen molar-refractivity contribution in [2.45, 2.75) is 20.4 Å². The first-order chi connectivity index (χ1) is 6.30. The largest absolute Gasteiger partial charge is 0.299 e. The van der Waals surface area contributed by atoms with Crippen LogP contribution in [0.15, 0.2) is 12.1 Å². The van der Waals surface area contributed by atoms with E-state index in [0.717, 1.165) is 30.8 Å². The van der Waals surface area contributed by atoms with E-state index < -0.39 is 0 Å². The summed E-state index contributed by atoms with van der Waals surface area (Å²) in [5, 5.41) is 0. The maximum absolute atomic E-state index is 10.4. The zero-order valence-electron chi connectivity index (χ0n) is 8.12. The molecule has 1 aromatic rings. The molecule has 72 valence electrons. The molecule has 0 aliphatic rings. The summed E-state index contributed by atoms with van der Waals surface area (Å²) < 4.78 is 0. The summed E-state index contributed by atoms with van der Waals surface area (Å²) in [5.41, 5.74) is 0. The zero-order valence-corrected chi connectivity index (χ0v) is 8.93. The van der Waals surface area contributed by atoms with Crippen LogP contribution in [0.5, 0.6) is 0 Å². The Bertz CT molecular complexity index is 266. The van der Waals surface area contributed by atoms with Crippen molar-refractivity contribution in [3.8, 4) is 0 Å². The van der Waals surface area contributed by atoms with Gasteiger partial charge in [-0.25, -0.2) is 0 Å². The molecular weight excluding hydrogens is 182 g/mol. The van der Waals surface area contributed by atoms with Gasteiger partial charge in [-0.1, -0.05) is 13.8 Å². The van der Waals surface area contributed by atoms with Gasteiger partial charge in [0, 0.05) is 11.4 Å². The highest BCUT2D eigenvalue weighted by atomic mass is 32.1. The van der Waals surface area contributed by atoms with Gasteiger partial charge in [0.25, 0.3) is 0 Å². The molecule has 1 heterocycles. The van der Waals surface area contributed by atoms with Crippen LogP contribution in [0.2, 0.25) is 0 Å². The zero-order chi connectivity index (χ0) is 9.68. The topological polar surface area (TPSA) is 20.3 Å². The standard InChI is InChI=1S/C10H15NOS/c1-3-11(4-2)7-9-5-6-10(8-12)13-9/h5-6,8H,3-4,7H2,1-2H3. The molecule has 1 rings (SSSR count). The first kappa shape index (κ1) is 10.4. The minimum atomic E-state index is 0.821. The van der Waals surface area contributed by atoms with Crippen molar-refractivity contribution in [3.05, 3.63) is 21.9 Å². The summed E-state index contributed by atoms with van der Waals surface area (Å²) in [7, 11) is 0. The fraction of sp³-hybridized carbons (Fsp3) is 0.500. The van der Waals surface area contributed by atoms with E-state index in [-0.39, 0.29) is 0 Å². The van der Waals surface area contributed by atoms with Crippen molar-refractivity contribution in [2.75, 3.05) is 13.1 Å². The minimum absolute atomic E-state index is 0.821. The monoisotopic (exact) mass is 197 g/mol. The van der Waals surface area contributed by atoms with Gasteiger partial charge in [-0.3, -0.25) is 9.69 Å². The molecule has 0 amide bonds. The molecule has 0 spiro atoms. The van der Waals surface area contributed by atoms with E-state index in [1.165, 1.54) is 4.88 Å². The third-order valence-electron chi connectivity index (χ3n) is 2.07. The Labute approximate surface area is 83.2 Å². The van der Waals surface area contributed by atoms with E-state index in [2.05, 4.69) is 18.7 Å². The van der Waals surface area contributed by atoms with Gasteiger partial charge >= 0.3 is 0 Å². The SMILES string of the molecule is CCN(CC)Cc1ccc(C=O)s1. The molecule has 0 unspecified atom stereocenters. The maximum atomic E-state index is 10.4. The summed E-state index contributed by atoms with van der Waals surface area (Å²) in [6.07, 6.45) is 0.913. The number of hydrogen-bond donors (Lipinski definition) is 0. The Kier molecular flexibility index (Phi) is 4.12. The molecular formula is C10H15NOS.